The van der Waals surface area contributed by atoms with Gasteiger partial charge in [-0.05, 0) is 42.8 Å². The van der Waals surface area contributed by atoms with Crippen LogP contribution in [0.3, 0.4) is 0 Å². The van der Waals surface area contributed by atoms with Gasteiger partial charge in [-0.3, -0.25) is 14.4 Å². The quantitative estimate of drug-likeness (QED) is 0.651. The fraction of sp³-hybridized carbons (Fsp3) is 0.350. The van der Waals surface area contributed by atoms with Gasteiger partial charge in [-0.15, -0.1) is 0 Å². The van der Waals surface area contributed by atoms with E-state index in [4.69, 9.17) is 9.15 Å². The summed E-state index contributed by atoms with van der Waals surface area (Å²) in [5.41, 5.74) is 0.595. The van der Waals surface area contributed by atoms with Crippen LogP contribution in [0.5, 0.6) is 5.75 Å². The largest absolute Gasteiger partial charge is 0.497 e. The average Bonchev–Trinajstić information content (AvgIpc) is 3.24. The predicted octanol–water partition coefficient (Wildman–Crippen LogP) is 2.29. The van der Waals surface area contributed by atoms with Crippen molar-refractivity contribution in [1.82, 2.24) is 10.2 Å². The Morgan fingerprint density at radius 2 is 1.86 bits per heavy atom. The Balaban J connectivity index is 1.83. The summed E-state index contributed by atoms with van der Waals surface area (Å²) >= 11 is 0. The Morgan fingerprint density at radius 3 is 2.46 bits per heavy atom. The van der Waals surface area contributed by atoms with Gasteiger partial charge in [0.1, 0.15) is 5.75 Å². The molecule has 0 aliphatic carbocycles. The zero-order valence-electron chi connectivity index (χ0n) is 16.1. The van der Waals surface area contributed by atoms with Crippen LogP contribution in [-0.2, 0) is 9.59 Å². The predicted molar refractivity (Wildman–Crippen MR) is 104 cm³/mol. The van der Waals surface area contributed by atoms with E-state index < -0.39 is 5.91 Å². The van der Waals surface area contributed by atoms with Crippen LogP contribution in [0.2, 0.25) is 0 Å². The molecular formula is C20H25N3O5. The Bertz CT molecular complexity index is 772. The number of nitrogens with zero attached hydrogens (tertiary/aromatic N) is 1. The number of unbranched alkanes of at least 4 members (excludes halogenated alkanes) is 1. The first-order valence-corrected chi connectivity index (χ1v) is 9.07. The number of ether oxygens (including phenoxy) is 1. The number of carbonyl (C=O) groups excluding carboxylic acids is 3. The molecule has 0 aliphatic rings. The van der Waals surface area contributed by atoms with E-state index >= 15 is 0 Å². The highest BCUT2D eigenvalue weighted by atomic mass is 16.5. The van der Waals surface area contributed by atoms with Gasteiger partial charge in [-0.1, -0.05) is 13.3 Å². The minimum absolute atomic E-state index is 0.144. The van der Waals surface area contributed by atoms with Gasteiger partial charge >= 0.3 is 0 Å². The second-order valence-corrected chi connectivity index (χ2v) is 6.11. The standard InChI is InChI=1S/C20H25N3O5/c1-3-4-11-23(20(26)17-6-5-12-28-17)14-19(25)21-13-18(24)22-15-7-9-16(27-2)10-8-15/h5-10,12H,3-4,11,13-14H2,1-2H3,(H,21,25)(H,22,24). The third-order valence-electron chi connectivity index (χ3n) is 3.96. The number of nitrogens with one attached hydrogen (secondary N) is 2. The summed E-state index contributed by atoms with van der Waals surface area (Å²) < 4.78 is 10.2. The third kappa shape index (κ3) is 6.46. The third-order valence-corrected chi connectivity index (χ3v) is 3.96. The molecule has 8 nitrogen and oxygen atoms in total. The maximum atomic E-state index is 12.4. The fourth-order valence-electron chi connectivity index (χ4n) is 2.45. The molecule has 0 aliphatic heterocycles. The van der Waals surface area contributed by atoms with Crippen LogP contribution in [0.25, 0.3) is 0 Å². The van der Waals surface area contributed by atoms with Gasteiger partial charge < -0.3 is 24.7 Å². The summed E-state index contributed by atoms with van der Waals surface area (Å²) in [7, 11) is 1.56. The number of furan rings is 1. The molecule has 0 atom stereocenters. The minimum Gasteiger partial charge on any atom is -0.497 e. The van der Waals surface area contributed by atoms with Crippen LogP contribution in [0, 0.1) is 0 Å². The van der Waals surface area contributed by atoms with Crippen LogP contribution < -0.4 is 15.4 Å². The number of amides is 3. The Hall–Kier alpha value is -3.29. The van der Waals surface area contributed by atoms with Gasteiger partial charge in [-0.2, -0.15) is 0 Å². The molecule has 1 aromatic heterocycles. The Morgan fingerprint density at radius 1 is 1.11 bits per heavy atom. The normalized spacial score (nSPS) is 10.2. The number of hydrogen-bond acceptors (Lipinski definition) is 5. The van der Waals surface area contributed by atoms with E-state index in [0.29, 0.717) is 18.0 Å². The molecule has 1 heterocycles. The lowest BCUT2D eigenvalue weighted by molar-refractivity contribution is -0.124. The highest BCUT2D eigenvalue weighted by Gasteiger charge is 2.20. The molecule has 0 unspecified atom stereocenters. The van der Waals surface area contributed by atoms with Crippen LogP contribution >= 0.6 is 0 Å². The topological polar surface area (TPSA) is 101 Å². The van der Waals surface area contributed by atoms with Crippen molar-refractivity contribution < 1.29 is 23.5 Å². The van der Waals surface area contributed by atoms with Crippen molar-refractivity contribution in [1.29, 1.82) is 0 Å². The van der Waals surface area contributed by atoms with Crippen LogP contribution in [0.1, 0.15) is 30.3 Å². The van der Waals surface area contributed by atoms with Gasteiger partial charge in [0.05, 0.1) is 26.5 Å². The molecule has 2 rings (SSSR count). The number of carbonyl (C=O) groups is 3. The number of methoxy groups -OCH3 is 1. The Kier molecular flexibility index (Phi) is 8.08. The molecule has 150 valence electrons. The molecule has 3 amide bonds. The van der Waals surface area contributed by atoms with Crippen LogP contribution in [0.15, 0.2) is 47.1 Å². The second-order valence-electron chi connectivity index (χ2n) is 6.11. The molecule has 0 spiro atoms. The fourth-order valence-corrected chi connectivity index (χ4v) is 2.45. The molecule has 2 aromatic rings. The van der Waals surface area contributed by atoms with E-state index in [0.717, 1.165) is 12.8 Å². The van der Waals surface area contributed by atoms with E-state index in [-0.39, 0.29) is 30.7 Å². The molecule has 0 radical (unpaired) electrons. The summed E-state index contributed by atoms with van der Waals surface area (Å²) in [6.07, 6.45) is 3.06. The highest BCUT2D eigenvalue weighted by Crippen LogP contribution is 2.14. The molecule has 0 bridgehead atoms. The average molecular weight is 387 g/mol. The highest BCUT2D eigenvalue weighted by molar-refractivity contribution is 5.96. The molecule has 8 heteroatoms. The first-order chi connectivity index (χ1) is 13.5. The van der Waals surface area contributed by atoms with Crippen LogP contribution in [0.4, 0.5) is 5.69 Å². The lowest BCUT2D eigenvalue weighted by atomic mass is 10.3. The van der Waals surface area contributed by atoms with E-state index in [1.165, 1.54) is 11.2 Å². The minimum atomic E-state index is -0.416. The summed E-state index contributed by atoms with van der Waals surface area (Å²) in [6, 6.07) is 10.0. The second kappa shape index (κ2) is 10.8. The molecular weight excluding hydrogens is 362 g/mol. The van der Waals surface area contributed by atoms with Crippen molar-refractivity contribution in [3.63, 3.8) is 0 Å². The molecule has 0 saturated carbocycles. The maximum Gasteiger partial charge on any atom is 0.290 e. The van der Waals surface area contributed by atoms with E-state index in [9.17, 15) is 14.4 Å². The van der Waals surface area contributed by atoms with Gasteiger partial charge in [0, 0.05) is 12.2 Å². The van der Waals surface area contributed by atoms with Gasteiger partial charge in [0.25, 0.3) is 5.91 Å². The van der Waals surface area contributed by atoms with Crippen molar-refractivity contribution in [2.45, 2.75) is 19.8 Å². The van der Waals surface area contributed by atoms with Gasteiger partial charge in [0.15, 0.2) is 5.76 Å². The number of hydrogen-bond donors (Lipinski definition) is 2. The molecule has 0 saturated heterocycles. The van der Waals surface area contributed by atoms with E-state index in [1.54, 1.807) is 43.5 Å². The molecule has 1 aromatic carbocycles. The van der Waals surface area contributed by atoms with Crippen LogP contribution in [-0.4, -0.2) is 49.4 Å². The summed E-state index contributed by atoms with van der Waals surface area (Å²) in [5.74, 6) is -0.269. The number of anilines is 1. The summed E-state index contributed by atoms with van der Waals surface area (Å²) in [5, 5.41) is 5.21. The van der Waals surface area contributed by atoms with E-state index in [1.807, 2.05) is 6.92 Å². The lowest BCUT2D eigenvalue weighted by Crippen LogP contribution is -2.43. The smallest absolute Gasteiger partial charge is 0.290 e. The lowest BCUT2D eigenvalue weighted by Gasteiger charge is -2.20. The van der Waals surface area contributed by atoms with Crippen molar-refractivity contribution in [3.05, 3.63) is 48.4 Å². The first kappa shape index (κ1) is 21.0. The van der Waals surface area contributed by atoms with Gasteiger partial charge in [0.2, 0.25) is 11.8 Å². The molecule has 0 fully saturated rings. The Labute approximate surface area is 163 Å². The van der Waals surface area contributed by atoms with Crippen molar-refractivity contribution in [2.75, 3.05) is 32.1 Å². The maximum absolute atomic E-state index is 12.4. The summed E-state index contributed by atoms with van der Waals surface area (Å²) in [6.45, 7) is 2.09. The van der Waals surface area contributed by atoms with Crippen molar-refractivity contribution in [3.8, 4) is 5.75 Å². The van der Waals surface area contributed by atoms with Crippen molar-refractivity contribution >= 4 is 23.4 Å². The molecule has 2 N–H and O–H groups in total. The monoisotopic (exact) mass is 387 g/mol. The molecule has 28 heavy (non-hydrogen) atoms. The zero-order valence-corrected chi connectivity index (χ0v) is 16.1. The SMILES string of the molecule is CCCCN(CC(=O)NCC(=O)Nc1ccc(OC)cc1)C(=O)c1ccco1. The zero-order chi connectivity index (χ0) is 20.4. The number of rotatable bonds is 10. The van der Waals surface area contributed by atoms with Crippen molar-refractivity contribution in [2.24, 2.45) is 0 Å². The number of benzene rings is 1. The van der Waals surface area contributed by atoms with Gasteiger partial charge in [-0.25, -0.2) is 0 Å². The summed E-state index contributed by atoms with van der Waals surface area (Å²) in [4.78, 5) is 38.1. The van der Waals surface area contributed by atoms with E-state index in [2.05, 4.69) is 10.6 Å². The first-order valence-electron chi connectivity index (χ1n) is 9.07.